The van der Waals surface area contributed by atoms with Crippen LogP contribution in [0.5, 0.6) is 5.75 Å². The average Bonchev–Trinajstić information content (AvgIpc) is 3.27. The second kappa shape index (κ2) is 8.42. The number of fused-ring (bicyclic) bond motifs is 2. The number of thioether (sulfide) groups is 1. The van der Waals surface area contributed by atoms with E-state index in [2.05, 4.69) is 9.97 Å². The van der Waals surface area contributed by atoms with E-state index in [0.29, 0.717) is 54.3 Å². The summed E-state index contributed by atoms with van der Waals surface area (Å²) in [5.41, 5.74) is 1.29. The van der Waals surface area contributed by atoms with E-state index in [9.17, 15) is 9.59 Å². The molecule has 5 rings (SSSR count). The summed E-state index contributed by atoms with van der Waals surface area (Å²) >= 11 is 8.78. The molecule has 0 aliphatic heterocycles. The van der Waals surface area contributed by atoms with Crippen LogP contribution in [0.2, 0.25) is 5.02 Å². The van der Waals surface area contributed by atoms with Crippen molar-refractivity contribution in [1.29, 1.82) is 0 Å². The van der Waals surface area contributed by atoms with E-state index in [-0.39, 0.29) is 11.1 Å². The van der Waals surface area contributed by atoms with Gasteiger partial charge in [-0.1, -0.05) is 35.5 Å². The third-order valence-electron chi connectivity index (χ3n) is 4.83. The smallest absolute Gasteiger partial charge is 0.268 e. The summed E-state index contributed by atoms with van der Waals surface area (Å²) in [6.45, 7) is 0. The maximum atomic E-state index is 13.5. The van der Waals surface area contributed by atoms with Gasteiger partial charge in [0.1, 0.15) is 16.3 Å². The van der Waals surface area contributed by atoms with Crippen LogP contribution >= 0.6 is 34.7 Å². The fourth-order valence-electron chi connectivity index (χ4n) is 3.39. The third-order valence-corrected chi connectivity index (χ3v) is 6.92. The summed E-state index contributed by atoms with van der Waals surface area (Å²) in [5, 5.41) is 3.19. The number of aromatic amines is 1. The molecule has 2 aromatic carbocycles. The third kappa shape index (κ3) is 3.68. The molecule has 32 heavy (non-hydrogen) atoms. The number of H-pyrrole nitrogens is 1. The van der Waals surface area contributed by atoms with Crippen LogP contribution < -0.4 is 15.9 Å². The lowest BCUT2D eigenvalue weighted by molar-refractivity contribution is 0.411. The highest BCUT2D eigenvalue weighted by Crippen LogP contribution is 2.29. The number of ether oxygens (including phenoxy) is 1. The number of nitrogens with zero attached hydrogens (tertiary/aromatic N) is 3. The van der Waals surface area contributed by atoms with Crippen LogP contribution in [-0.4, -0.2) is 26.6 Å². The molecule has 3 aromatic heterocycles. The molecule has 0 saturated carbocycles. The minimum absolute atomic E-state index is 0.180. The van der Waals surface area contributed by atoms with Gasteiger partial charge in [0.05, 0.1) is 35.0 Å². The Labute approximate surface area is 194 Å². The van der Waals surface area contributed by atoms with E-state index in [1.807, 2.05) is 23.6 Å². The Hall–Kier alpha value is -3.14. The number of nitrogens with one attached hydrogen (secondary N) is 1. The highest BCUT2D eigenvalue weighted by Gasteiger charge is 2.17. The molecule has 10 heteroatoms. The Morgan fingerprint density at radius 1 is 1.12 bits per heavy atom. The minimum atomic E-state index is -0.242. The monoisotopic (exact) mass is 482 g/mol. The van der Waals surface area contributed by atoms with Crippen LogP contribution in [0.3, 0.4) is 0 Å². The van der Waals surface area contributed by atoms with E-state index in [1.165, 1.54) is 27.7 Å². The fourth-order valence-corrected chi connectivity index (χ4v) is 5.15. The maximum Gasteiger partial charge on any atom is 0.268 e. The van der Waals surface area contributed by atoms with Crippen LogP contribution in [0, 0.1) is 0 Å². The van der Waals surface area contributed by atoms with Crippen molar-refractivity contribution in [2.75, 3.05) is 7.11 Å². The highest BCUT2D eigenvalue weighted by atomic mass is 35.5. The second-order valence-electron chi connectivity index (χ2n) is 6.80. The van der Waals surface area contributed by atoms with Gasteiger partial charge in [-0.05, 0) is 41.8 Å². The summed E-state index contributed by atoms with van der Waals surface area (Å²) in [6, 6.07) is 14.0. The van der Waals surface area contributed by atoms with Gasteiger partial charge in [-0.15, -0.1) is 11.3 Å². The van der Waals surface area contributed by atoms with Crippen molar-refractivity contribution in [3.05, 3.63) is 85.5 Å². The summed E-state index contributed by atoms with van der Waals surface area (Å²) in [4.78, 5) is 37.8. The molecule has 0 saturated heterocycles. The summed E-state index contributed by atoms with van der Waals surface area (Å²) < 4.78 is 7.58. The zero-order chi connectivity index (χ0) is 22.2. The van der Waals surface area contributed by atoms with Gasteiger partial charge in [-0.25, -0.2) is 9.97 Å². The first-order valence-electron chi connectivity index (χ1n) is 9.50. The molecule has 0 unspecified atom stereocenters. The molecule has 0 radical (unpaired) electrons. The number of hydrogen-bond donors (Lipinski definition) is 1. The molecule has 3 heterocycles. The molecule has 0 fully saturated rings. The Morgan fingerprint density at radius 3 is 2.81 bits per heavy atom. The topological polar surface area (TPSA) is 89.9 Å². The lowest BCUT2D eigenvalue weighted by Crippen LogP contribution is -2.22. The van der Waals surface area contributed by atoms with Crippen molar-refractivity contribution in [3.63, 3.8) is 0 Å². The molecule has 160 valence electrons. The van der Waals surface area contributed by atoms with Crippen LogP contribution in [0.4, 0.5) is 0 Å². The zero-order valence-electron chi connectivity index (χ0n) is 16.7. The van der Waals surface area contributed by atoms with Gasteiger partial charge in [-0.3, -0.25) is 14.2 Å². The van der Waals surface area contributed by atoms with Gasteiger partial charge in [-0.2, -0.15) is 0 Å². The van der Waals surface area contributed by atoms with Crippen molar-refractivity contribution in [1.82, 2.24) is 19.5 Å². The van der Waals surface area contributed by atoms with Gasteiger partial charge < -0.3 is 9.72 Å². The number of methoxy groups -OCH3 is 1. The Bertz CT molecular complexity index is 1590. The standard InChI is InChI=1S/C22H15ClN4O3S2/c1-30-17-5-3-2-4-16(17)27-21(29)13-7-6-12(23)10-15(13)25-22(27)32-11-18-24-14-8-9-31-19(14)20(28)26-18/h2-10H,11H2,1H3,(H,24,26,28). The van der Waals surface area contributed by atoms with Gasteiger partial charge in [0.25, 0.3) is 11.1 Å². The first kappa shape index (κ1) is 20.7. The zero-order valence-corrected chi connectivity index (χ0v) is 19.1. The minimum Gasteiger partial charge on any atom is -0.495 e. The molecule has 0 bridgehead atoms. The summed E-state index contributed by atoms with van der Waals surface area (Å²) in [6.07, 6.45) is 0. The Morgan fingerprint density at radius 2 is 1.97 bits per heavy atom. The number of halogens is 1. The molecule has 0 spiro atoms. The Kier molecular flexibility index (Phi) is 5.46. The van der Waals surface area contributed by atoms with Crippen molar-refractivity contribution in [2.24, 2.45) is 0 Å². The number of rotatable bonds is 5. The molecule has 0 aliphatic rings. The van der Waals surface area contributed by atoms with E-state index in [1.54, 1.807) is 37.4 Å². The molecule has 0 aliphatic carbocycles. The SMILES string of the molecule is COc1ccccc1-n1c(SCc2nc3ccsc3c(=O)[nH]2)nc2cc(Cl)ccc2c1=O. The van der Waals surface area contributed by atoms with E-state index in [4.69, 9.17) is 21.3 Å². The van der Waals surface area contributed by atoms with E-state index in [0.717, 1.165) is 0 Å². The molecule has 0 atom stereocenters. The van der Waals surface area contributed by atoms with Crippen molar-refractivity contribution < 1.29 is 4.74 Å². The van der Waals surface area contributed by atoms with Gasteiger partial charge >= 0.3 is 0 Å². The molecule has 0 amide bonds. The van der Waals surface area contributed by atoms with E-state index >= 15 is 0 Å². The van der Waals surface area contributed by atoms with Crippen LogP contribution in [0.1, 0.15) is 5.82 Å². The maximum absolute atomic E-state index is 13.5. The number of thiophene rings is 1. The number of aromatic nitrogens is 4. The Balaban J connectivity index is 1.66. The highest BCUT2D eigenvalue weighted by molar-refractivity contribution is 7.98. The second-order valence-corrected chi connectivity index (χ2v) is 9.10. The lowest BCUT2D eigenvalue weighted by Gasteiger charge is -2.15. The number of hydrogen-bond acceptors (Lipinski definition) is 7. The molecule has 5 aromatic rings. The van der Waals surface area contributed by atoms with Gasteiger partial charge in [0.15, 0.2) is 5.16 Å². The normalized spacial score (nSPS) is 11.3. The molecule has 1 N–H and O–H groups in total. The largest absolute Gasteiger partial charge is 0.495 e. The van der Waals surface area contributed by atoms with E-state index < -0.39 is 0 Å². The van der Waals surface area contributed by atoms with Crippen molar-refractivity contribution in [2.45, 2.75) is 10.9 Å². The number of benzene rings is 2. The predicted octanol–water partition coefficient (Wildman–Crippen LogP) is 4.64. The lowest BCUT2D eigenvalue weighted by atomic mass is 10.2. The van der Waals surface area contributed by atoms with Crippen molar-refractivity contribution in [3.8, 4) is 11.4 Å². The summed E-state index contributed by atoms with van der Waals surface area (Å²) in [7, 11) is 1.55. The van der Waals surface area contributed by atoms with Gasteiger partial charge in [0.2, 0.25) is 0 Å². The number of para-hydroxylation sites is 2. The van der Waals surface area contributed by atoms with Crippen LogP contribution in [0.25, 0.3) is 26.8 Å². The fraction of sp³-hybridized carbons (Fsp3) is 0.0909. The quantitative estimate of drug-likeness (QED) is 0.290. The summed E-state index contributed by atoms with van der Waals surface area (Å²) in [5.74, 6) is 1.35. The van der Waals surface area contributed by atoms with Crippen molar-refractivity contribution >= 4 is 55.8 Å². The average molecular weight is 483 g/mol. The molecular weight excluding hydrogens is 468 g/mol. The van der Waals surface area contributed by atoms with Crippen LogP contribution in [0.15, 0.2) is 68.7 Å². The molecule has 7 nitrogen and oxygen atoms in total. The van der Waals surface area contributed by atoms with Crippen LogP contribution in [-0.2, 0) is 5.75 Å². The van der Waals surface area contributed by atoms with Gasteiger partial charge in [0, 0.05) is 5.02 Å². The predicted molar refractivity (Wildman–Crippen MR) is 129 cm³/mol. The first-order valence-corrected chi connectivity index (χ1v) is 11.7. The molecular formula is C22H15ClN4O3S2. The first-order chi connectivity index (χ1) is 15.5.